The van der Waals surface area contributed by atoms with Crippen LogP contribution in [-0.4, -0.2) is 35.3 Å². The molecule has 2 aromatic rings. The van der Waals surface area contributed by atoms with Gasteiger partial charge in [0.15, 0.2) is 0 Å². The van der Waals surface area contributed by atoms with Gasteiger partial charge >= 0.3 is 0 Å². The van der Waals surface area contributed by atoms with Crippen molar-refractivity contribution in [1.29, 1.82) is 0 Å². The van der Waals surface area contributed by atoms with Gasteiger partial charge in [-0.1, -0.05) is 0 Å². The van der Waals surface area contributed by atoms with E-state index in [0.717, 1.165) is 22.3 Å². The third-order valence-corrected chi connectivity index (χ3v) is 8.11. The number of hydrogen-bond donors (Lipinski definition) is 1. The number of rotatable bonds is 5. The van der Waals surface area contributed by atoms with E-state index in [9.17, 15) is 21.6 Å². The van der Waals surface area contributed by atoms with Crippen LogP contribution in [0.2, 0.25) is 0 Å². The van der Waals surface area contributed by atoms with Crippen molar-refractivity contribution in [3.63, 3.8) is 0 Å². The summed E-state index contributed by atoms with van der Waals surface area (Å²) in [5.41, 5.74) is 0.896. The lowest BCUT2D eigenvalue weighted by Gasteiger charge is -2.21. The lowest BCUT2D eigenvalue weighted by molar-refractivity contribution is 0.102. The van der Waals surface area contributed by atoms with Crippen LogP contribution in [0.5, 0.6) is 0 Å². The number of aryl methyl sites for hydroxylation is 2. The molecule has 0 spiro atoms. The summed E-state index contributed by atoms with van der Waals surface area (Å²) >= 11 is 4.69. The molecule has 1 aromatic carbocycles. The zero-order chi connectivity index (χ0) is 19.9. The summed E-state index contributed by atoms with van der Waals surface area (Å²) in [6.07, 6.45) is 1.61. The highest BCUT2D eigenvalue weighted by molar-refractivity contribution is 9.10. The molecule has 0 saturated heterocycles. The summed E-state index contributed by atoms with van der Waals surface area (Å²) in [5, 5.41) is 2.72. The molecule has 2 rings (SSSR count). The van der Waals surface area contributed by atoms with Crippen molar-refractivity contribution in [2.45, 2.75) is 13.8 Å². The van der Waals surface area contributed by atoms with E-state index in [4.69, 9.17) is 0 Å². The first-order valence-electron chi connectivity index (χ1n) is 7.19. The molecule has 0 saturated carbocycles. The second-order valence-electron chi connectivity index (χ2n) is 5.67. The number of hydrogen-bond acceptors (Lipinski definition) is 6. The summed E-state index contributed by atoms with van der Waals surface area (Å²) in [7, 11) is -8.10. The minimum Gasteiger partial charge on any atom is -0.322 e. The van der Waals surface area contributed by atoms with Crippen LogP contribution >= 0.6 is 27.3 Å². The monoisotopic (exact) mass is 480 g/mol. The molecule has 0 aliphatic carbocycles. The molecule has 0 bridgehead atoms. The number of benzene rings is 1. The molecule has 0 unspecified atom stereocenters. The fourth-order valence-corrected chi connectivity index (χ4v) is 7.10. The largest absolute Gasteiger partial charge is 0.322 e. The van der Waals surface area contributed by atoms with Crippen LogP contribution in [0.25, 0.3) is 0 Å². The fourth-order valence-electron chi connectivity index (χ4n) is 2.39. The number of carbonyl (C=O) groups is 1. The maximum absolute atomic E-state index is 12.4. The van der Waals surface area contributed by atoms with E-state index in [0.29, 0.717) is 15.0 Å². The molecule has 0 fully saturated rings. The highest BCUT2D eigenvalue weighted by Gasteiger charge is 2.29. The number of amides is 1. The number of anilines is 2. The maximum Gasteiger partial charge on any atom is 0.256 e. The molecule has 1 heterocycles. The smallest absolute Gasteiger partial charge is 0.256 e. The second-order valence-corrected chi connectivity index (χ2v) is 11.9. The van der Waals surface area contributed by atoms with Gasteiger partial charge in [0.1, 0.15) is 0 Å². The van der Waals surface area contributed by atoms with Gasteiger partial charge in [-0.2, -0.15) is 3.71 Å². The summed E-state index contributed by atoms with van der Waals surface area (Å²) in [6.45, 7) is 3.76. The Morgan fingerprint density at radius 2 is 1.65 bits per heavy atom. The van der Waals surface area contributed by atoms with Crippen molar-refractivity contribution in [1.82, 2.24) is 0 Å². The van der Waals surface area contributed by atoms with Gasteiger partial charge in [0.25, 0.3) is 5.91 Å². The van der Waals surface area contributed by atoms with Gasteiger partial charge in [-0.25, -0.2) is 16.8 Å². The molecule has 0 atom stereocenters. The Hall–Kier alpha value is -1.43. The first-order chi connectivity index (χ1) is 11.8. The fraction of sp³-hybridized carbons (Fsp3) is 0.267. The number of nitrogens with zero attached hydrogens (tertiary/aromatic N) is 1. The molecular formula is C15H17BrN2O5S3. The number of carbonyl (C=O) groups excluding carboxylic acids is 1. The van der Waals surface area contributed by atoms with Crippen LogP contribution < -0.4 is 9.03 Å². The molecule has 0 aliphatic heterocycles. The standard InChI is InChI=1S/C15H17BrN2O5S3/c1-9-7-12(10(2)24-9)15(19)17-11-5-6-14(13(16)8-11)18(25(3,20)21)26(4,22)23/h5-8H,1-4H3,(H,17,19). The predicted octanol–water partition coefficient (Wildman–Crippen LogP) is 3.11. The zero-order valence-electron chi connectivity index (χ0n) is 14.4. The molecule has 7 nitrogen and oxygen atoms in total. The van der Waals surface area contributed by atoms with Crippen LogP contribution in [0.4, 0.5) is 11.4 Å². The second kappa shape index (κ2) is 7.29. The summed E-state index contributed by atoms with van der Waals surface area (Å²) in [5.74, 6) is -0.297. The third-order valence-electron chi connectivity index (χ3n) is 3.29. The van der Waals surface area contributed by atoms with E-state index in [1.165, 1.54) is 29.5 Å². The van der Waals surface area contributed by atoms with Crippen molar-refractivity contribution in [3.8, 4) is 0 Å². The Morgan fingerprint density at radius 3 is 2.08 bits per heavy atom. The van der Waals surface area contributed by atoms with Gasteiger partial charge in [-0.15, -0.1) is 11.3 Å². The molecule has 1 amide bonds. The highest BCUT2D eigenvalue weighted by atomic mass is 79.9. The summed E-state index contributed by atoms with van der Waals surface area (Å²) in [4.78, 5) is 14.3. The Bertz CT molecular complexity index is 1040. The topological polar surface area (TPSA) is 101 Å². The molecular weight excluding hydrogens is 464 g/mol. The van der Waals surface area contributed by atoms with Crippen LogP contribution in [0.1, 0.15) is 20.1 Å². The maximum atomic E-state index is 12.4. The zero-order valence-corrected chi connectivity index (χ0v) is 18.4. The Balaban J connectivity index is 2.38. The van der Waals surface area contributed by atoms with Gasteiger partial charge < -0.3 is 5.32 Å². The molecule has 0 radical (unpaired) electrons. The van der Waals surface area contributed by atoms with Crippen molar-refractivity contribution >= 4 is 64.6 Å². The van der Waals surface area contributed by atoms with E-state index in [2.05, 4.69) is 21.2 Å². The van der Waals surface area contributed by atoms with E-state index >= 15 is 0 Å². The van der Waals surface area contributed by atoms with Crippen LogP contribution in [0.15, 0.2) is 28.7 Å². The summed E-state index contributed by atoms with van der Waals surface area (Å²) < 4.78 is 48.1. The Kier molecular flexibility index (Phi) is 5.86. The minimum atomic E-state index is -4.05. The van der Waals surface area contributed by atoms with Gasteiger partial charge in [0.05, 0.1) is 23.8 Å². The van der Waals surface area contributed by atoms with E-state index < -0.39 is 20.0 Å². The van der Waals surface area contributed by atoms with Gasteiger partial charge in [-0.3, -0.25) is 4.79 Å². The number of thiophene rings is 1. The lowest BCUT2D eigenvalue weighted by atomic mass is 10.2. The molecule has 26 heavy (non-hydrogen) atoms. The molecule has 1 N–H and O–H groups in total. The lowest BCUT2D eigenvalue weighted by Crippen LogP contribution is -2.35. The number of nitrogens with one attached hydrogen (secondary N) is 1. The Morgan fingerprint density at radius 1 is 1.08 bits per heavy atom. The van der Waals surface area contributed by atoms with Crippen molar-refractivity contribution in [2.24, 2.45) is 0 Å². The average molecular weight is 481 g/mol. The van der Waals surface area contributed by atoms with E-state index in [1.807, 2.05) is 13.8 Å². The van der Waals surface area contributed by atoms with Crippen LogP contribution in [0.3, 0.4) is 0 Å². The quantitative estimate of drug-likeness (QED) is 0.708. The van der Waals surface area contributed by atoms with Crippen molar-refractivity contribution in [2.75, 3.05) is 21.5 Å². The van der Waals surface area contributed by atoms with Crippen LogP contribution in [0, 0.1) is 13.8 Å². The van der Waals surface area contributed by atoms with E-state index in [-0.39, 0.29) is 16.1 Å². The highest BCUT2D eigenvalue weighted by Crippen LogP contribution is 2.33. The van der Waals surface area contributed by atoms with Gasteiger partial charge in [0.2, 0.25) is 20.0 Å². The van der Waals surface area contributed by atoms with Crippen LogP contribution in [-0.2, 0) is 20.0 Å². The number of sulfonamides is 2. The minimum absolute atomic E-state index is 0.0597. The summed E-state index contributed by atoms with van der Waals surface area (Å²) in [6, 6.07) is 5.99. The van der Waals surface area contributed by atoms with Gasteiger partial charge in [0, 0.05) is 19.9 Å². The Labute approximate surface area is 165 Å². The number of halogens is 1. The molecule has 1 aromatic heterocycles. The SMILES string of the molecule is Cc1cc(C(=O)Nc2ccc(N(S(C)(=O)=O)S(C)(=O)=O)c(Br)c2)c(C)s1. The van der Waals surface area contributed by atoms with Gasteiger partial charge in [-0.05, 0) is 54.0 Å². The normalized spacial score (nSPS) is 12.0. The molecule has 11 heteroatoms. The first kappa shape index (κ1) is 20.9. The third kappa shape index (κ3) is 4.64. The van der Waals surface area contributed by atoms with E-state index in [1.54, 1.807) is 6.07 Å². The predicted molar refractivity (Wildman–Crippen MR) is 108 cm³/mol. The first-order valence-corrected chi connectivity index (χ1v) is 12.5. The molecule has 142 valence electrons. The van der Waals surface area contributed by atoms with Crippen molar-refractivity contribution < 1.29 is 21.6 Å². The average Bonchev–Trinajstić information content (AvgIpc) is 2.77. The molecule has 0 aliphatic rings. The van der Waals surface area contributed by atoms with Crippen molar-refractivity contribution in [3.05, 3.63) is 44.1 Å².